The molecule has 0 fully saturated rings. The van der Waals surface area contributed by atoms with Gasteiger partial charge in [0.2, 0.25) is 0 Å². The molecule has 5 nitrogen and oxygen atoms in total. The highest BCUT2D eigenvalue weighted by molar-refractivity contribution is 9.10. The lowest BCUT2D eigenvalue weighted by atomic mass is 10.3. The van der Waals surface area contributed by atoms with Crippen molar-refractivity contribution in [3.63, 3.8) is 0 Å². The fourth-order valence-electron chi connectivity index (χ4n) is 1.15. The Morgan fingerprint density at radius 1 is 1.43 bits per heavy atom. The van der Waals surface area contributed by atoms with Crippen LogP contribution in [0, 0.1) is 0 Å². The van der Waals surface area contributed by atoms with Gasteiger partial charge in [-0.2, -0.15) is 0 Å². The number of nitrogens with two attached hydrogens (primary N) is 1. The second-order valence-corrected chi connectivity index (χ2v) is 3.58. The van der Waals surface area contributed by atoms with Crippen LogP contribution in [0.4, 0.5) is 5.69 Å². The Balaban J connectivity index is 2.54. The highest BCUT2D eigenvalue weighted by Gasteiger charge is 2.10. The first-order valence-corrected chi connectivity index (χ1v) is 4.75. The molecular weight excluding hydrogens is 246 g/mol. The maximum Gasteiger partial charge on any atom is 0.157 e. The quantitative estimate of drug-likeness (QED) is 0.830. The smallest absolute Gasteiger partial charge is 0.157 e. The number of aryl methyl sites for hydroxylation is 1. The average Bonchev–Trinajstić information content (AvgIpc) is 2.49. The molecule has 0 amide bonds. The van der Waals surface area contributed by atoms with Gasteiger partial charge in [0.25, 0.3) is 0 Å². The molecular formula is C8H8BrN5. The zero-order valence-electron chi connectivity index (χ0n) is 7.48. The molecule has 0 aliphatic rings. The summed E-state index contributed by atoms with van der Waals surface area (Å²) in [6.07, 6.45) is 1.61. The Labute approximate surface area is 89.1 Å². The van der Waals surface area contributed by atoms with Crippen molar-refractivity contribution in [2.75, 3.05) is 5.73 Å². The van der Waals surface area contributed by atoms with Crippen molar-refractivity contribution in [3.8, 4) is 11.4 Å². The van der Waals surface area contributed by atoms with Gasteiger partial charge >= 0.3 is 0 Å². The number of hydrogen-bond donors (Lipinski definition) is 1. The second kappa shape index (κ2) is 3.38. The number of halogens is 1. The number of nitrogens with zero attached hydrogens (tertiary/aromatic N) is 4. The summed E-state index contributed by atoms with van der Waals surface area (Å²) in [5.74, 6) is 0. The van der Waals surface area contributed by atoms with Gasteiger partial charge in [0.1, 0.15) is 5.69 Å². The standard InChI is InChI=1S/C8H8BrN5/c1-14-7(8(9)12-13-14)6-3-2-5(10)4-11-6/h2-4H,10H2,1H3. The van der Waals surface area contributed by atoms with Gasteiger partial charge in [-0.25, -0.2) is 4.68 Å². The van der Waals surface area contributed by atoms with E-state index in [9.17, 15) is 0 Å². The first kappa shape index (κ1) is 9.14. The SMILES string of the molecule is Cn1nnc(Br)c1-c1ccc(N)cn1. The largest absolute Gasteiger partial charge is 0.397 e. The fourth-order valence-corrected chi connectivity index (χ4v) is 1.68. The first-order valence-electron chi connectivity index (χ1n) is 3.95. The fraction of sp³-hybridized carbons (Fsp3) is 0.125. The van der Waals surface area contributed by atoms with Crippen LogP contribution in [-0.2, 0) is 7.05 Å². The first-order chi connectivity index (χ1) is 6.68. The van der Waals surface area contributed by atoms with Crippen LogP contribution in [-0.4, -0.2) is 20.0 Å². The van der Waals surface area contributed by atoms with Gasteiger partial charge in [-0.1, -0.05) is 5.21 Å². The van der Waals surface area contributed by atoms with Crippen LogP contribution in [0.3, 0.4) is 0 Å². The van der Waals surface area contributed by atoms with E-state index in [2.05, 4.69) is 31.2 Å². The predicted molar refractivity (Wildman–Crippen MR) is 56.3 cm³/mol. The molecule has 0 spiro atoms. The third kappa shape index (κ3) is 1.48. The molecule has 2 aromatic heterocycles. The summed E-state index contributed by atoms with van der Waals surface area (Å²) in [7, 11) is 1.81. The molecule has 2 N–H and O–H groups in total. The van der Waals surface area contributed by atoms with E-state index in [1.807, 2.05) is 13.1 Å². The highest BCUT2D eigenvalue weighted by Crippen LogP contribution is 2.23. The van der Waals surface area contributed by atoms with Crippen molar-refractivity contribution < 1.29 is 0 Å². The third-order valence-corrected chi connectivity index (χ3v) is 2.35. The normalized spacial score (nSPS) is 10.4. The molecule has 2 aromatic rings. The summed E-state index contributed by atoms with van der Waals surface area (Å²) in [5, 5.41) is 7.74. The number of aromatic nitrogens is 4. The van der Waals surface area contributed by atoms with Gasteiger partial charge in [0.15, 0.2) is 4.60 Å². The summed E-state index contributed by atoms with van der Waals surface area (Å²) >= 11 is 3.31. The van der Waals surface area contributed by atoms with Gasteiger partial charge in [0, 0.05) is 7.05 Å². The Bertz CT molecular complexity index is 428. The summed E-state index contributed by atoms with van der Waals surface area (Å²) in [4.78, 5) is 4.19. The minimum Gasteiger partial charge on any atom is -0.397 e. The molecule has 0 aromatic carbocycles. The molecule has 0 saturated carbocycles. The van der Waals surface area contributed by atoms with E-state index in [1.165, 1.54) is 0 Å². The van der Waals surface area contributed by atoms with Crippen molar-refractivity contribution in [1.82, 2.24) is 20.0 Å². The number of anilines is 1. The average molecular weight is 254 g/mol. The van der Waals surface area contributed by atoms with Crippen LogP contribution in [0.5, 0.6) is 0 Å². The van der Waals surface area contributed by atoms with Gasteiger partial charge in [-0.05, 0) is 28.1 Å². The van der Waals surface area contributed by atoms with E-state index >= 15 is 0 Å². The van der Waals surface area contributed by atoms with Crippen LogP contribution < -0.4 is 5.73 Å². The molecule has 6 heteroatoms. The zero-order chi connectivity index (χ0) is 10.1. The third-order valence-electron chi connectivity index (χ3n) is 1.81. The van der Waals surface area contributed by atoms with Crippen LogP contribution in [0.15, 0.2) is 22.9 Å². The van der Waals surface area contributed by atoms with Gasteiger partial charge in [0.05, 0.1) is 17.6 Å². The van der Waals surface area contributed by atoms with Crippen LogP contribution in [0.2, 0.25) is 0 Å². The van der Waals surface area contributed by atoms with Crippen LogP contribution >= 0.6 is 15.9 Å². The van der Waals surface area contributed by atoms with Gasteiger partial charge < -0.3 is 5.73 Å². The van der Waals surface area contributed by atoms with Crippen molar-refractivity contribution in [2.24, 2.45) is 7.05 Å². The molecule has 0 aliphatic heterocycles. The van der Waals surface area contributed by atoms with Crippen molar-refractivity contribution >= 4 is 21.6 Å². The van der Waals surface area contributed by atoms with E-state index in [1.54, 1.807) is 16.9 Å². The lowest BCUT2D eigenvalue weighted by Gasteiger charge is -2.00. The number of rotatable bonds is 1. The summed E-state index contributed by atoms with van der Waals surface area (Å²) < 4.78 is 2.33. The second-order valence-electron chi connectivity index (χ2n) is 2.83. The van der Waals surface area contributed by atoms with Crippen molar-refractivity contribution in [1.29, 1.82) is 0 Å². The zero-order valence-corrected chi connectivity index (χ0v) is 9.06. The predicted octanol–water partition coefficient (Wildman–Crippen LogP) is 1.22. The maximum absolute atomic E-state index is 5.54. The van der Waals surface area contributed by atoms with Crippen molar-refractivity contribution in [2.45, 2.75) is 0 Å². The van der Waals surface area contributed by atoms with Crippen LogP contribution in [0.1, 0.15) is 0 Å². The molecule has 0 atom stereocenters. The molecule has 2 rings (SSSR count). The number of hydrogen-bond acceptors (Lipinski definition) is 4. The summed E-state index contributed by atoms with van der Waals surface area (Å²) in [5.41, 5.74) is 7.81. The Morgan fingerprint density at radius 2 is 2.21 bits per heavy atom. The number of nitrogen functional groups attached to an aromatic ring is 1. The highest BCUT2D eigenvalue weighted by atomic mass is 79.9. The van der Waals surface area contributed by atoms with Crippen molar-refractivity contribution in [3.05, 3.63) is 22.9 Å². The van der Waals surface area contributed by atoms with E-state index in [0.29, 0.717) is 10.3 Å². The molecule has 2 heterocycles. The minimum absolute atomic E-state index is 0.639. The Hall–Kier alpha value is -1.43. The van der Waals surface area contributed by atoms with E-state index in [-0.39, 0.29) is 0 Å². The topological polar surface area (TPSA) is 69.6 Å². The summed E-state index contributed by atoms with van der Waals surface area (Å²) in [6, 6.07) is 3.63. The van der Waals surface area contributed by atoms with E-state index in [0.717, 1.165) is 11.4 Å². The van der Waals surface area contributed by atoms with Gasteiger partial charge in [-0.3, -0.25) is 4.98 Å². The lowest BCUT2D eigenvalue weighted by molar-refractivity contribution is 0.718. The molecule has 0 aliphatic carbocycles. The molecule has 72 valence electrons. The molecule has 14 heavy (non-hydrogen) atoms. The summed E-state index contributed by atoms with van der Waals surface area (Å²) in [6.45, 7) is 0. The molecule has 0 unspecified atom stereocenters. The minimum atomic E-state index is 0.639. The molecule has 0 bridgehead atoms. The lowest BCUT2D eigenvalue weighted by Crippen LogP contribution is -1.96. The number of pyridine rings is 1. The monoisotopic (exact) mass is 253 g/mol. The maximum atomic E-state index is 5.54. The van der Waals surface area contributed by atoms with E-state index < -0.39 is 0 Å². The van der Waals surface area contributed by atoms with Gasteiger partial charge in [-0.15, -0.1) is 5.10 Å². The molecule has 0 radical (unpaired) electrons. The van der Waals surface area contributed by atoms with Crippen LogP contribution in [0.25, 0.3) is 11.4 Å². The Morgan fingerprint density at radius 3 is 2.71 bits per heavy atom. The molecule has 0 saturated heterocycles. The van der Waals surface area contributed by atoms with E-state index in [4.69, 9.17) is 5.73 Å². The Kier molecular flexibility index (Phi) is 2.20.